The fraction of sp³-hybridized carbons (Fsp3) is 0.333. The lowest BCUT2D eigenvalue weighted by atomic mass is 10.3. The molecule has 1 aromatic rings. The summed E-state index contributed by atoms with van der Waals surface area (Å²) in [5.41, 5.74) is 0.575. The first-order chi connectivity index (χ1) is 8.45. The normalized spacial score (nSPS) is 9.56. The van der Waals surface area contributed by atoms with E-state index in [0.29, 0.717) is 11.4 Å². The Morgan fingerprint density at radius 1 is 1.11 bits per heavy atom. The van der Waals surface area contributed by atoms with Crippen LogP contribution in [0.1, 0.15) is 0 Å². The molecule has 0 spiro atoms. The molecule has 0 saturated carbocycles. The van der Waals surface area contributed by atoms with Crippen molar-refractivity contribution in [1.82, 2.24) is 4.90 Å². The van der Waals surface area contributed by atoms with Crippen LogP contribution in [0.5, 0.6) is 5.75 Å². The van der Waals surface area contributed by atoms with Crippen molar-refractivity contribution in [3.8, 4) is 5.75 Å². The van der Waals surface area contributed by atoms with Gasteiger partial charge in [-0.15, -0.1) is 0 Å². The molecule has 0 bridgehead atoms. The van der Waals surface area contributed by atoms with Crippen LogP contribution in [-0.4, -0.2) is 45.3 Å². The largest absolute Gasteiger partial charge is 0.452 e. The minimum Gasteiger partial charge on any atom is -0.452 e. The van der Waals surface area contributed by atoms with Gasteiger partial charge in [0.25, 0.3) is 0 Å². The minimum atomic E-state index is -0.494. The summed E-state index contributed by atoms with van der Waals surface area (Å²) in [6.45, 7) is 0. The molecule has 0 heterocycles. The molecule has 0 unspecified atom stereocenters. The van der Waals surface area contributed by atoms with Crippen LogP contribution in [0.15, 0.2) is 24.3 Å². The maximum absolute atomic E-state index is 11.4. The molecule has 0 N–H and O–H groups in total. The van der Waals surface area contributed by atoms with E-state index in [1.54, 1.807) is 45.4 Å². The van der Waals surface area contributed by atoms with Gasteiger partial charge in [-0.05, 0) is 12.1 Å². The summed E-state index contributed by atoms with van der Waals surface area (Å²) < 4.78 is 9.68. The van der Waals surface area contributed by atoms with Crippen LogP contribution < -0.4 is 9.64 Å². The Kier molecular flexibility index (Phi) is 4.53. The summed E-state index contributed by atoms with van der Waals surface area (Å²) in [4.78, 5) is 25.4. The van der Waals surface area contributed by atoms with E-state index in [-0.39, 0.29) is 0 Å². The Hall–Kier alpha value is -2.24. The Morgan fingerprint density at radius 2 is 1.78 bits per heavy atom. The van der Waals surface area contributed by atoms with Gasteiger partial charge in [-0.2, -0.15) is 0 Å². The fourth-order valence-electron chi connectivity index (χ4n) is 1.19. The second kappa shape index (κ2) is 5.90. The predicted octanol–water partition coefficient (Wildman–Crippen LogP) is 1.95. The monoisotopic (exact) mass is 252 g/mol. The van der Waals surface area contributed by atoms with Crippen molar-refractivity contribution in [1.29, 1.82) is 0 Å². The number of benzene rings is 1. The highest BCUT2D eigenvalue weighted by atomic mass is 16.6. The predicted molar refractivity (Wildman–Crippen MR) is 67.0 cm³/mol. The van der Waals surface area contributed by atoms with Gasteiger partial charge in [0.1, 0.15) is 5.75 Å². The van der Waals surface area contributed by atoms with Gasteiger partial charge in [-0.25, -0.2) is 9.59 Å². The summed E-state index contributed by atoms with van der Waals surface area (Å²) in [6, 6.07) is 6.62. The third-order valence-electron chi connectivity index (χ3n) is 2.22. The molecular formula is C12H16N2O4. The number of carbonyl (C=O) groups excluding carboxylic acids is 2. The average Bonchev–Trinajstić information content (AvgIpc) is 2.37. The van der Waals surface area contributed by atoms with E-state index in [9.17, 15) is 9.59 Å². The van der Waals surface area contributed by atoms with Gasteiger partial charge >= 0.3 is 12.2 Å². The first-order valence-corrected chi connectivity index (χ1v) is 5.26. The number of methoxy groups -OCH3 is 1. The quantitative estimate of drug-likeness (QED) is 0.807. The number of carbonyl (C=O) groups is 2. The third kappa shape index (κ3) is 3.38. The van der Waals surface area contributed by atoms with E-state index < -0.39 is 12.2 Å². The Labute approximate surface area is 106 Å². The van der Waals surface area contributed by atoms with Crippen molar-refractivity contribution in [2.75, 3.05) is 33.2 Å². The van der Waals surface area contributed by atoms with Crippen LogP contribution in [0.25, 0.3) is 0 Å². The third-order valence-corrected chi connectivity index (χ3v) is 2.22. The Morgan fingerprint density at radius 3 is 2.33 bits per heavy atom. The van der Waals surface area contributed by atoms with Crippen LogP contribution >= 0.6 is 0 Å². The van der Waals surface area contributed by atoms with E-state index in [0.717, 1.165) is 0 Å². The van der Waals surface area contributed by atoms with E-state index in [4.69, 9.17) is 4.74 Å². The van der Waals surface area contributed by atoms with Crippen LogP contribution in [0, 0.1) is 0 Å². The Balaban J connectivity index is 2.86. The SMILES string of the molecule is COC(=O)N(C)c1cccc(OC(=O)N(C)C)c1. The van der Waals surface area contributed by atoms with Gasteiger partial charge in [-0.3, -0.25) is 4.90 Å². The molecule has 0 atom stereocenters. The molecule has 98 valence electrons. The number of hydrogen-bond donors (Lipinski definition) is 0. The van der Waals surface area contributed by atoms with Gasteiger partial charge in [0.15, 0.2) is 0 Å². The summed E-state index contributed by atoms with van der Waals surface area (Å²) in [7, 11) is 6.05. The molecule has 0 aliphatic rings. The first-order valence-electron chi connectivity index (χ1n) is 5.26. The Bertz CT molecular complexity index is 445. The lowest BCUT2D eigenvalue weighted by Gasteiger charge is -2.17. The molecule has 0 aliphatic heterocycles. The molecular weight excluding hydrogens is 236 g/mol. The zero-order valence-corrected chi connectivity index (χ0v) is 10.8. The van der Waals surface area contributed by atoms with Crippen molar-refractivity contribution >= 4 is 17.9 Å². The highest BCUT2D eigenvalue weighted by Crippen LogP contribution is 2.21. The zero-order valence-electron chi connectivity index (χ0n) is 10.8. The van der Waals surface area contributed by atoms with Gasteiger partial charge in [0, 0.05) is 27.2 Å². The lowest BCUT2D eigenvalue weighted by molar-refractivity contribution is 0.172. The number of rotatable bonds is 2. The summed E-state index contributed by atoms with van der Waals surface area (Å²) in [6.07, 6.45) is -0.973. The molecule has 0 saturated heterocycles. The van der Waals surface area contributed by atoms with E-state index in [2.05, 4.69) is 4.74 Å². The fourth-order valence-corrected chi connectivity index (χ4v) is 1.19. The molecule has 2 amide bonds. The average molecular weight is 252 g/mol. The second-order valence-corrected chi connectivity index (χ2v) is 3.79. The topological polar surface area (TPSA) is 59.1 Å². The van der Waals surface area contributed by atoms with Crippen molar-refractivity contribution in [2.24, 2.45) is 0 Å². The van der Waals surface area contributed by atoms with Crippen molar-refractivity contribution < 1.29 is 19.1 Å². The zero-order chi connectivity index (χ0) is 13.7. The molecule has 0 fully saturated rings. The maximum Gasteiger partial charge on any atom is 0.414 e. The highest BCUT2D eigenvalue weighted by Gasteiger charge is 2.12. The summed E-state index contributed by atoms with van der Waals surface area (Å²) in [5, 5.41) is 0. The molecule has 0 radical (unpaired) electrons. The number of ether oxygens (including phenoxy) is 2. The summed E-state index contributed by atoms with van der Waals surface area (Å²) >= 11 is 0. The number of anilines is 1. The van der Waals surface area contributed by atoms with Crippen molar-refractivity contribution in [2.45, 2.75) is 0 Å². The maximum atomic E-state index is 11.4. The minimum absolute atomic E-state index is 0.363. The van der Waals surface area contributed by atoms with E-state index in [1.807, 2.05) is 0 Å². The van der Waals surface area contributed by atoms with Crippen LogP contribution in [0.2, 0.25) is 0 Å². The number of nitrogens with zero attached hydrogens (tertiary/aromatic N) is 2. The van der Waals surface area contributed by atoms with E-state index in [1.165, 1.54) is 16.9 Å². The molecule has 6 nitrogen and oxygen atoms in total. The molecule has 18 heavy (non-hydrogen) atoms. The number of hydrogen-bond acceptors (Lipinski definition) is 4. The van der Waals surface area contributed by atoms with E-state index >= 15 is 0 Å². The molecule has 0 aromatic heterocycles. The molecule has 0 aliphatic carbocycles. The first kappa shape index (κ1) is 13.8. The summed E-state index contributed by atoms with van der Waals surface area (Å²) in [5.74, 6) is 0.363. The smallest absolute Gasteiger partial charge is 0.414 e. The van der Waals surface area contributed by atoms with Gasteiger partial charge < -0.3 is 14.4 Å². The van der Waals surface area contributed by atoms with Gasteiger partial charge in [0.05, 0.1) is 12.8 Å². The van der Waals surface area contributed by atoms with Gasteiger partial charge in [-0.1, -0.05) is 6.07 Å². The lowest BCUT2D eigenvalue weighted by Crippen LogP contribution is -2.27. The molecule has 1 aromatic carbocycles. The van der Waals surface area contributed by atoms with Crippen LogP contribution in [0.4, 0.5) is 15.3 Å². The standard InChI is InChI=1S/C12H16N2O4/c1-13(2)11(15)18-10-7-5-6-9(8-10)14(3)12(16)17-4/h5-8H,1-4H3. The van der Waals surface area contributed by atoms with Gasteiger partial charge in [0.2, 0.25) is 0 Å². The van der Waals surface area contributed by atoms with Crippen LogP contribution in [-0.2, 0) is 4.74 Å². The van der Waals surface area contributed by atoms with Crippen LogP contribution in [0.3, 0.4) is 0 Å². The van der Waals surface area contributed by atoms with Crippen molar-refractivity contribution in [3.05, 3.63) is 24.3 Å². The number of amides is 2. The molecule has 1 rings (SSSR count). The molecule has 6 heteroatoms. The highest BCUT2D eigenvalue weighted by molar-refractivity contribution is 5.87. The second-order valence-electron chi connectivity index (χ2n) is 3.79. The van der Waals surface area contributed by atoms with Crippen molar-refractivity contribution in [3.63, 3.8) is 0 Å².